The van der Waals surface area contributed by atoms with Gasteiger partial charge in [0, 0.05) is 19.6 Å². The van der Waals surface area contributed by atoms with Crippen molar-refractivity contribution in [2.45, 2.75) is 33.6 Å². The molecule has 1 amide bonds. The fourth-order valence-corrected chi connectivity index (χ4v) is 2.57. The van der Waals surface area contributed by atoms with E-state index < -0.39 is 6.23 Å². The van der Waals surface area contributed by atoms with Gasteiger partial charge in [-0.05, 0) is 11.0 Å². The van der Waals surface area contributed by atoms with Gasteiger partial charge >= 0.3 is 6.09 Å². The number of ether oxygens (including phenoxy) is 1. The zero-order valence-electron chi connectivity index (χ0n) is 13.7. The molecule has 1 unspecified atom stereocenters. The molecule has 1 saturated heterocycles. The van der Waals surface area contributed by atoms with Crippen LogP contribution in [0.5, 0.6) is 0 Å². The largest absolute Gasteiger partial charge is 0.445 e. The standard InChI is InChI=1S/C17H26N2O3/c1-17(2,3)13-19-10-9-18(11-15(19)20)16(21)22-12-14-7-5-4-6-8-14/h4-8,15,20H,9-13H2,1-3H3. The van der Waals surface area contributed by atoms with Gasteiger partial charge in [0.05, 0.1) is 6.54 Å². The molecule has 0 aliphatic carbocycles. The maximum Gasteiger partial charge on any atom is 0.410 e. The Labute approximate surface area is 132 Å². The fourth-order valence-electron chi connectivity index (χ4n) is 2.57. The van der Waals surface area contributed by atoms with Crippen LogP contribution in [-0.2, 0) is 11.3 Å². The highest BCUT2D eigenvalue weighted by Crippen LogP contribution is 2.19. The zero-order valence-corrected chi connectivity index (χ0v) is 13.7. The Bertz CT molecular complexity index is 484. The summed E-state index contributed by atoms with van der Waals surface area (Å²) in [6.07, 6.45) is -0.990. The van der Waals surface area contributed by atoms with Crippen molar-refractivity contribution in [3.8, 4) is 0 Å². The van der Waals surface area contributed by atoms with Crippen molar-refractivity contribution in [3.05, 3.63) is 35.9 Å². The lowest BCUT2D eigenvalue weighted by Crippen LogP contribution is -2.56. The molecule has 0 bridgehead atoms. The third-order valence-electron chi connectivity index (χ3n) is 3.60. The van der Waals surface area contributed by atoms with Gasteiger partial charge in [0.15, 0.2) is 0 Å². The van der Waals surface area contributed by atoms with Gasteiger partial charge in [-0.3, -0.25) is 4.90 Å². The summed E-state index contributed by atoms with van der Waals surface area (Å²) in [7, 11) is 0. The van der Waals surface area contributed by atoms with Crippen LogP contribution < -0.4 is 0 Å². The van der Waals surface area contributed by atoms with Crippen molar-refractivity contribution in [2.24, 2.45) is 5.41 Å². The Morgan fingerprint density at radius 3 is 2.55 bits per heavy atom. The lowest BCUT2D eigenvalue weighted by molar-refractivity contribution is -0.0655. The number of carbonyl (C=O) groups is 1. The molecule has 1 N–H and O–H groups in total. The summed E-state index contributed by atoms with van der Waals surface area (Å²) < 4.78 is 5.31. The first-order valence-electron chi connectivity index (χ1n) is 7.73. The third kappa shape index (κ3) is 5.00. The monoisotopic (exact) mass is 306 g/mol. The predicted molar refractivity (Wildman–Crippen MR) is 85.2 cm³/mol. The molecule has 1 heterocycles. The number of aliphatic hydroxyl groups excluding tert-OH is 1. The van der Waals surface area contributed by atoms with E-state index >= 15 is 0 Å². The molecule has 0 saturated carbocycles. The SMILES string of the molecule is CC(C)(C)CN1CCN(C(=O)OCc2ccccc2)CC1O. The molecule has 1 aromatic rings. The molecule has 122 valence electrons. The average Bonchev–Trinajstić information content (AvgIpc) is 2.46. The van der Waals surface area contributed by atoms with E-state index in [9.17, 15) is 9.90 Å². The Hall–Kier alpha value is -1.59. The van der Waals surface area contributed by atoms with Crippen molar-refractivity contribution in [1.82, 2.24) is 9.80 Å². The number of hydrogen-bond acceptors (Lipinski definition) is 4. The van der Waals surface area contributed by atoms with Gasteiger partial charge in [-0.25, -0.2) is 4.79 Å². The van der Waals surface area contributed by atoms with E-state index in [1.807, 2.05) is 35.2 Å². The molecule has 0 aromatic heterocycles. The van der Waals surface area contributed by atoms with E-state index in [1.165, 1.54) is 0 Å². The third-order valence-corrected chi connectivity index (χ3v) is 3.60. The van der Waals surface area contributed by atoms with Crippen molar-refractivity contribution in [1.29, 1.82) is 0 Å². The van der Waals surface area contributed by atoms with Crippen LogP contribution in [0.4, 0.5) is 4.79 Å². The number of benzene rings is 1. The van der Waals surface area contributed by atoms with E-state index in [0.29, 0.717) is 19.6 Å². The molecular weight excluding hydrogens is 280 g/mol. The highest BCUT2D eigenvalue weighted by Gasteiger charge is 2.31. The van der Waals surface area contributed by atoms with Gasteiger partial charge < -0.3 is 14.7 Å². The molecule has 5 nitrogen and oxygen atoms in total. The van der Waals surface area contributed by atoms with Crippen molar-refractivity contribution in [3.63, 3.8) is 0 Å². The second-order valence-electron chi connectivity index (χ2n) is 7.00. The fraction of sp³-hybridized carbons (Fsp3) is 0.588. The summed E-state index contributed by atoms with van der Waals surface area (Å²) in [5.41, 5.74) is 1.08. The average molecular weight is 306 g/mol. The molecule has 0 radical (unpaired) electrons. The molecule has 0 spiro atoms. The van der Waals surface area contributed by atoms with Crippen LogP contribution in [-0.4, -0.2) is 53.4 Å². The summed E-state index contributed by atoms with van der Waals surface area (Å²) in [6, 6.07) is 9.60. The van der Waals surface area contributed by atoms with E-state index in [-0.39, 0.29) is 18.1 Å². The van der Waals surface area contributed by atoms with Crippen LogP contribution in [0.2, 0.25) is 0 Å². The minimum Gasteiger partial charge on any atom is -0.445 e. The zero-order chi connectivity index (χ0) is 16.2. The van der Waals surface area contributed by atoms with E-state index in [4.69, 9.17) is 4.74 Å². The van der Waals surface area contributed by atoms with Gasteiger partial charge in [0.2, 0.25) is 0 Å². The summed E-state index contributed by atoms with van der Waals surface area (Å²) in [5.74, 6) is 0. The number of piperazine rings is 1. The molecule has 2 rings (SSSR count). The number of carbonyl (C=O) groups excluding carboxylic acids is 1. The lowest BCUT2D eigenvalue weighted by atomic mass is 9.95. The molecule has 22 heavy (non-hydrogen) atoms. The molecular formula is C17H26N2O3. The smallest absolute Gasteiger partial charge is 0.410 e. The van der Waals surface area contributed by atoms with Crippen LogP contribution in [0, 0.1) is 5.41 Å². The van der Waals surface area contributed by atoms with Crippen LogP contribution in [0.3, 0.4) is 0 Å². The Kier molecular flexibility index (Phi) is 5.42. The Morgan fingerprint density at radius 2 is 1.95 bits per heavy atom. The first kappa shape index (κ1) is 16.8. The lowest BCUT2D eigenvalue weighted by Gasteiger charge is -2.40. The number of amides is 1. The molecule has 1 aromatic carbocycles. The molecule has 5 heteroatoms. The highest BCUT2D eigenvalue weighted by molar-refractivity contribution is 5.67. The van der Waals surface area contributed by atoms with Crippen LogP contribution in [0.15, 0.2) is 30.3 Å². The number of rotatable bonds is 3. The van der Waals surface area contributed by atoms with Crippen molar-refractivity contribution in [2.75, 3.05) is 26.2 Å². The van der Waals surface area contributed by atoms with Crippen molar-refractivity contribution < 1.29 is 14.6 Å². The number of aliphatic hydroxyl groups is 1. The number of nitrogens with zero attached hydrogens (tertiary/aromatic N) is 2. The van der Waals surface area contributed by atoms with Gasteiger partial charge in [0.1, 0.15) is 12.8 Å². The summed E-state index contributed by atoms with van der Waals surface area (Å²) >= 11 is 0. The minimum atomic E-state index is -0.628. The minimum absolute atomic E-state index is 0.122. The van der Waals surface area contributed by atoms with Gasteiger partial charge in [-0.1, -0.05) is 51.1 Å². The van der Waals surface area contributed by atoms with E-state index in [0.717, 1.165) is 12.1 Å². The molecule has 1 aliphatic heterocycles. The van der Waals surface area contributed by atoms with Gasteiger partial charge in [0.25, 0.3) is 0 Å². The summed E-state index contributed by atoms with van der Waals surface area (Å²) in [6.45, 7) is 9.03. The van der Waals surface area contributed by atoms with Gasteiger partial charge in [-0.15, -0.1) is 0 Å². The Morgan fingerprint density at radius 1 is 1.27 bits per heavy atom. The molecule has 1 aliphatic rings. The number of hydrogen-bond donors (Lipinski definition) is 1. The van der Waals surface area contributed by atoms with E-state index in [2.05, 4.69) is 20.8 Å². The second kappa shape index (κ2) is 7.11. The predicted octanol–water partition coefficient (Wildman–Crippen LogP) is 2.31. The maximum atomic E-state index is 12.1. The number of β-amino-alcohol motifs (C(OH)–C–C–N with tert-alkyl or cyclic N) is 1. The summed E-state index contributed by atoms with van der Waals surface area (Å²) in [4.78, 5) is 15.7. The van der Waals surface area contributed by atoms with E-state index in [1.54, 1.807) is 4.90 Å². The highest BCUT2D eigenvalue weighted by atomic mass is 16.6. The van der Waals surface area contributed by atoms with Crippen LogP contribution >= 0.6 is 0 Å². The quantitative estimate of drug-likeness (QED) is 0.931. The maximum absolute atomic E-state index is 12.1. The topological polar surface area (TPSA) is 53.0 Å². The molecule has 1 fully saturated rings. The Balaban J connectivity index is 1.81. The van der Waals surface area contributed by atoms with Crippen LogP contribution in [0.1, 0.15) is 26.3 Å². The van der Waals surface area contributed by atoms with Crippen molar-refractivity contribution >= 4 is 6.09 Å². The van der Waals surface area contributed by atoms with Crippen LogP contribution in [0.25, 0.3) is 0 Å². The first-order valence-corrected chi connectivity index (χ1v) is 7.73. The first-order chi connectivity index (χ1) is 10.3. The molecule has 1 atom stereocenters. The normalized spacial score (nSPS) is 20.0. The summed E-state index contributed by atoms with van der Waals surface area (Å²) in [5, 5.41) is 10.2. The second-order valence-corrected chi connectivity index (χ2v) is 7.00. The van der Waals surface area contributed by atoms with Gasteiger partial charge in [-0.2, -0.15) is 0 Å².